The highest BCUT2D eigenvalue weighted by molar-refractivity contribution is 9.10. The fraction of sp³-hybridized carbons (Fsp3) is 0.167. The highest BCUT2D eigenvalue weighted by Gasteiger charge is 2.40. The molecule has 0 saturated heterocycles. The molecule has 0 spiro atoms. The van der Waals surface area contributed by atoms with Gasteiger partial charge in [-0.2, -0.15) is 0 Å². The Bertz CT molecular complexity index is 1420. The summed E-state index contributed by atoms with van der Waals surface area (Å²) in [4.78, 5) is 7.71. The summed E-state index contributed by atoms with van der Waals surface area (Å²) in [5.41, 5.74) is 8.74. The first-order valence-corrected chi connectivity index (χ1v) is 14.4. The third-order valence-electron chi connectivity index (χ3n) is 6.82. The molecule has 0 N–H and O–H groups in total. The van der Waals surface area contributed by atoms with Gasteiger partial charge in [0.25, 0.3) is 0 Å². The molecule has 1 aliphatic carbocycles. The summed E-state index contributed by atoms with van der Waals surface area (Å²) in [7, 11) is 1.70. The van der Waals surface area contributed by atoms with Crippen molar-refractivity contribution >= 4 is 60.6 Å². The van der Waals surface area contributed by atoms with Crippen LogP contribution < -0.4 is 4.74 Å². The number of ether oxygens (including phenoxy) is 1. The predicted octanol–water partition coefficient (Wildman–Crippen LogP) is 9.20. The van der Waals surface area contributed by atoms with Gasteiger partial charge >= 0.3 is 0 Å². The van der Waals surface area contributed by atoms with E-state index in [1.165, 1.54) is 39.2 Å². The number of allylic oxidation sites excluding steroid dienone is 1. The normalized spacial score (nSPS) is 20.1. The lowest BCUT2D eigenvalue weighted by Gasteiger charge is -2.40. The van der Waals surface area contributed by atoms with Crippen LogP contribution >= 0.6 is 43.6 Å². The lowest BCUT2D eigenvalue weighted by molar-refractivity contribution is 0.414. The van der Waals surface area contributed by atoms with Crippen molar-refractivity contribution in [3.8, 4) is 5.75 Å². The van der Waals surface area contributed by atoms with Crippen LogP contribution in [-0.2, 0) is 0 Å². The van der Waals surface area contributed by atoms with Crippen molar-refractivity contribution in [2.75, 3.05) is 7.11 Å². The Morgan fingerprint density at radius 3 is 2.31 bits per heavy atom. The van der Waals surface area contributed by atoms with Crippen molar-refractivity contribution in [3.63, 3.8) is 0 Å². The number of hydrogen-bond donors (Lipinski definition) is 0. The van der Waals surface area contributed by atoms with Crippen LogP contribution in [0.1, 0.15) is 42.0 Å². The zero-order valence-electron chi connectivity index (χ0n) is 19.7. The molecule has 2 heterocycles. The van der Waals surface area contributed by atoms with E-state index in [4.69, 9.17) is 9.73 Å². The third-order valence-corrected chi connectivity index (χ3v) is 8.72. The maximum atomic E-state index is 5.40. The molecular formula is C30H24Br2N2OS. The molecule has 0 aromatic heterocycles. The molecule has 36 heavy (non-hydrogen) atoms. The van der Waals surface area contributed by atoms with E-state index in [0.717, 1.165) is 39.1 Å². The number of fused-ring (bicyclic) bond motifs is 1. The van der Waals surface area contributed by atoms with E-state index in [1.807, 2.05) is 12.1 Å². The van der Waals surface area contributed by atoms with Gasteiger partial charge in [0.15, 0.2) is 5.17 Å². The first-order chi connectivity index (χ1) is 17.6. The van der Waals surface area contributed by atoms with Crippen LogP contribution in [0.5, 0.6) is 5.75 Å². The number of aliphatic imine (C=N–C) groups is 1. The Labute approximate surface area is 232 Å². The fourth-order valence-corrected chi connectivity index (χ4v) is 6.55. The van der Waals surface area contributed by atoms with Crippen LogP contribution in [0.15, 0.2) is 109 Å². The molecular weight excluding hydrogens is 596 g/mol. The van der Waals surface area contributed by atoms with E-state index in [2.05, 4.69) is 109 Å². The van der Waals surface area contributed by atoms with Gasteiger partial charge in [-0.15, -0.1) is 0 Å². The second-order valence-corrected chi connectivity index (χ2v) is 11.7. The second kappa shape index (κ2) is 10.1. The van der Waals surface area contributed by atoms with E-state index < -0.39 is 0 Å². The van der Waals surface area contributed by atoms with Crippen molar-refractivity contribution in [1.82, 2.24) is 4.90 Å². The average Bonchev–Trinajstić information content (AvgIpc) is 3.33. The molecule has 6 heteroatoms. The molecule has 3 aromatic carbocycles. The number of halogens is 2. The lowest BCUT2D eigenvalue weighted by Crippen LogP contribution is -2.34. The van der Waals surface area contributed by atoms with Gasteiger partial charge in [-0.1, -0.05) is 67.9 Å². The van der Waals surface area contributed by atoms with E-state index in [1.54, 1.807) is 18.9 Å². The van der Waals surface area contributed by atoms with Crippen molar-refractivity contribution < 1.29 is 4.74 Å². The number of hydrogen-bond acceptors (Lipinski definition) is 4. The number of benzene rings is 3. The molecule has 3 nitrogen and oxygen atoms in total. The molecule has 2 aliphatic heterocycles. The molecule has 0 radical (unpaired) electrons. The van der Waals surface area contributed by atoms with Crippen molar-refractivity contribution in [1.29, 1.82) is 0 Å². The molecule has 0 saturated carbocycles. The smallest absolute Gasteiger partial charge is 0.174 e. The zero-order valence-corrected chi connectivity index (χ0v) is 23.7. The highest BCUT2D eigenvalue weighted by Crippen LogP contribution is 2.51. The van der Waals surface area contributed by atoms with Gasteiger partial charge in [0.1, 0.15) is 5.75 Å². The topological polar surface area (TPSA) is 24.8 Å². The maximum absolute atomic E-state index is 5.40. The molecule has 1 atom stereocenters. The Kier molecular flexibility index (Phi) is 6.67. The molecule has 0 fully saturated rings. The van der Waals surface area contributed by atoms with Gasteiger partial charge in [-0.25, -0.2) is 4.99 Å². The van der Waals surface area contributed by atoms with Crippen LogP contribution in [-0.4, -0.2) is 17.2 Å². The number of methoxy groups -OCH3 is 1. The van der Waals surface area contributed by atoms with Gasteiger partial charge in [0.2, 0.25) is 0 Å². The van der Waals surface area contributed by atoms with Crippen LogP contribution in [0.2, 0.25) is 0 Å². The SMILES string of the molecule is COc1ccc(C2=CSC3=NC4=C(CCC/C4=C\c4ccc(Br)cc4)[C@H](c4ccc(Br)cc4)N23)cc1. The monoisotopic (exact) mass is 618 g/mol. The number of thioether (sulfide) groups is 1. The highest BCUT2D eigenvalue weighted by atomic mass is 79.9. The molecule has 180 valence electrons. The van der Waals surface area contributed by atoms with Gasteiger partial charge in [-0.05, 0) is 102 Å². The quantitative estimate of drug-likeness (QED) is 0.291. The Morgan fingerprint density at radius 1 is 0.917 bits per heavy atom. The van der Waals surface area contributed by atoms with Gasteiger partial charge in [0.05, 0.1) is 24.5 Å². The summed E-state index contributed by atoms with van der Waals surface area (Å²) in [6, 6.07) is 25.7. The zero-order chi connectivity index (χ0) is 24.6. The molecule has 6 rings (SSSR count). The van der Waals surface area contributed by atoms with Crippen molar-refractivity contribution in [2.45, 2.75) is 25.3 Å². The predicted molar refractivity (Wildman–Crippen MR) is 158 cm³/mol. The maximum Gasteiger partial charge on any atom is 0.174 e. The summed E-state index contributed by atoms with van der Waals surface area (Å²) in [5, 5.41) is 3.28. The summed E-state index contributed by atoms with van der Waals surface area (Å²) in [6.07, 6.45) is 5.53. The first-order valence-electron chi connectivity index (χ1n) is 11.9. The Morgan fingerprint density at radius 2 is 1.61 bits per heavy atom. The Hall–Kier alpha value is -2.54. The van der Waals surface area contributed by atoms with Gasteiger partial charge < -0.3 is 9.64 Å². The number of nitrogens with zero attached hydrogens (tertiary/aromatic N) is 2. The minimum absolute atomic E-state index is 0.109. The summed E-state index contributed by atoms with van der Waals surface area (Å²) < 4.78 is 7.58. The summed E-state index contributed by atoms with van der Waals surface area (Å²) in [6.45, 7) is 0. The van der Waals surface area contributed by atoms with Crippen LogP contribution in [0.3, 0.4) is 0 Å². The fourth-order valence-electron chi connectivity index (χ4n) is 5.09. The molecule has 0 amide bonds. The summed E-state index contributed by atoms with van der Waals surface area (Å²) >= 11 is 8.88. The van der Waals surface area contributed by atoms with Crippen LogP contribution in [0.4, 0.5) is 0 Å². The van der Waals surface area contributed by atoms with Gasteiger partial charge in [-0.3, -0.25) is 0 Å². The summed E-state index contributed by atoms with van der Waals surface area (Å²) in [5.74, 6) is 0.863. The van der Waals surface area contributed by atoms with Gasteiger partial charge in [0, 0.05) is 14.4 Å². The van der Waals surface area contributed by atoms with E-state index in [-0.39, 0.29) is 6.04 Å². The lowest BCUT2D eigenvalue weighted by atomic mass is 9.83. The van der Waals surface area contributed by atoms with E-state index >= 15 is 0 Å². The van der Waals surface area contributed by atoms with Crippen LogP contribution in [0.25, 0.3) is 11.8 Å². The van der Waals surface area contributed by atoms with Crippen molar-refractivity contribution in [3.05, 3.63) is 121 Å². The minimum atomic E-state index is 0.109. The molecule has 3 aromatic rings. The largest absolute Gasteiger partial charge is 0.497 e. The molecule has 0 bridgehead atoms. The number of amidine groups is 1. The van der Waals surface area contributed by atoms with E-state index in [0.29, 0.717) is 0 Å². The average molecular weight is 620 g/mol. The first kappa shape index (κ1) is 23.8. The molecule has 0 unspecified atom stereocenters. The van der Waals surface area contributed by atoms with E-state index in [9.17, 15) is 0 Å². The minimum Gasteiger partial charge on any atom is -0.497 e. The number of rotatable bonds is 4. The van der Waals surface area contributed by atoms with Crippen LogP contribution in [0, 0.1) is 0 Å². The molecule has 3 aliphatic rings. The van der Waals surface area contributed by atoms with Crippen molar-refractivity contribution in [2.24, 2.45) is 4.99 Å². The standard InChI is InChI=1S/C30H24Br2N2OS/c1-35-25-15-9-20(10-16-25)27-18-36-30-33-28-22(17-19-5-11-23(31)12-6-19)3-2-4-26(28)29(34(27)30)21-7-13-24(32)14-8-21/h5-18,29H,2-4H2,1H3/b22-17+/t29-/m0/s1. The Balaban J connectivity index is 1.47. The second-order valence-electron chi connectivity index (χ2n) is 9.02. The third kappa shape index (κ3) is 4.51.